The molecule has 0 bridgehead atoms. The normalized spacial score (nSPS) is 11.3. The molecule has 2 heteroatoms. The molecule has 0 atom stereocenters. The summed E-state index contributed by atoms with van der Waals surface area (Å²) in [6.07, 6.45) is 24.2. The van der Waals surface area contributed by atoms with Gasteiger partial charge in [0.05, 0.1) is 0 Å². The molecule has 0 aliphatic heterocycles. The molecule has 0 aromatic carbocycles. The molecule has 2 nitrogen and oxygen atoms in total. The van der Waals surface area contributed by atoms with Crippen molar-refractivity contribution in [3.05, 3.63) is 12.2 Å². The van der Waals surface area contributed by atoms with Gasteiger partial charge in [-0.2, -0.15) is 0 Å². The lowest BCUT2D eigenvalue weighted by Gasteiger charge is -2.01. The number of carboxylic acids is 1. The molecule has 0 spiro atoms. The second kappa shape index (κ2) is 18.3. The van der Waals surface area contributed by atoms with E-state index in [2.05, 4.69) is 19.1 Å². The summed E-state index contributed by atoms with van der Waals surface area (Å²) >= 11 is 0. The maximum atomic E-state index is 10.3. The van der Waals surface area contributed by atoms with E-state index in [1.807, 2.05) is 0 Å². The molecular formula is C20H38O2. The van der Waals surface area contributed by atoms with Crippen LogP contribution in [-0.4, -0.2) is 11.1 Å². The fourth-order valence-corrected chi connectivity index (χ4v) is 2.70. The number of carboxylic acid groups (broad SMARTS) is 1. The fourth-order valence-electron chi connectivity index (χ4n) is 2.70. The quantitative estimate of drug-likeness (QED) is 0.234. The molecule has 0 saturated heterocycles. The summed E-state index contributed by atoms with van der Waals surface area (Å²) in [5, 5.41) is 8.53. The number of hydrogen-bond acceptors (Lipinski definition) is 1. The molecule has 1 N–H and O–H groups in total. The van der Waals surface area contributed by atoms with Crippen molar-refractivity contribution in [3.8, 4) is 0 Å². The molecule has 0 rings (SSSR count). The van der Waals surface area contributed by atoms with Crippen LogP contribution in [0.3, 0.4) is 0 Å². The van der Waals surface area contributed by atoms with Crippen LogP contribution >= 0.6 is 0 Å². The van der Waals surface area contributed by atoms with E-state index >= 15 is 0 Å². The summed E-state index contributed by atoms with van der Waals surface area (Å²) in [6.45, 7) is 2.27. The van der Waals surface area contributed by atoms with E-state index < -0.39 is 5.97 Å². The van der Waals surface area contributed by atoms with E-state index in [0.29, 0.717) is 6.42 Å². The van der Waals surface area contributed by atoms with Crippen molar-refractivity contribution in [1.82, 2.24) is 0 Å². The molecule has 0 aromatic heterocycles. The SMILES string of the molecule is CCCCCCCCCCCC/C=C/CCCCCC(=O)O. The minimum Gasteiger partial charge on any atom is -0.481 e. The first-order chi connectivity index (χ1) is 10.8. The van der Waals surface area contributed by atoms with Crippen LogP contribution in [0.15, 0.2) is 12.2 Å². The van der Waals surface area contributed by atoms with Crippen LogP contribution in [0.5, 0.6) is 0 Å². The average Bonchev–Trinajstić information content (AvgIpc) is 2.50. The van der Waals surface area contributed by atoms with Gasteiger partial charge in [0.15, 0.2) is 0 Å². The van der Waals surface area contributed by atoms with Crippen molar-refractivity contribution < 1.29 is 9.90 Å². The Balaban J connectivity index is 3.06. The third-order valence-electron chi connectivity index (χ3n) is 4.15. The minimum atomic E-state index is -0.670. The van der Waals surface area contributed by atoms with E-state index in [1.165, 1.54) is 70.6 Å². The molecule has 0 saturated carbocycles. The summed E-state index contributed by atoms with van der Waals surface area (Å²) in [6, 6.07) is 0. The molecule has 0 heterocycles. The zero-order valence-electron chi connectivity index (χ0n) is 14.8. The first-order valence-corrected chi connectivity index (χ1v) is 9.64. The Hall–Kier alpha value is -0.790. The van der Waals surface area contributed by atoms with Crippen LogP contribution in [0.1, 0.15) is 110 Å². The average molecular weight is 311 g/mol. The molecular weight excluding hydrogens is 272 g/mol. The lowest BCUT2D eigenvalue weighted by Crippen LogP contribution is -1.93. The second-order valence-electron chi connectivity index (χ2n) is 6.44. The van der Waals surface area contributed by atoms with Crippen molar-refractivity contribution in [1.29, 1.82) is 0 Å². The van der Waals surface area contributed by atoms with Crippen molar-refractivity contribution >= 4 is 5.97 Å². The predicted octanol–water partition coefficient (Wildman–Crippen LogP) is 6.89. The highest BCUT2D eigenvalue weighted by Gasteiger charge is 1.95. The molecule has 22 heavy (non-hydrogen) atoms. The predicted molar refractivity (Wildman–Crippen MR) is 96.3 cm³/mol. The largest absolute Gasteiger partial charge is 0.481 e. The highest BCUT2D eigenvalue weighted by Crippen LogP contribution is 2.11. The summed E-state index contributed by atoms with van der Waals surface area (Å²) < 4.78 is 0. The van der Waals surface area contributed by atoms with E-state index in [9.17, 15) is 4.79 Å². The van der Waals surface area contributed by atoms with Gasteiger partial charge in [0, 0.05) is 6.42 Å². The van der Waals surface area contributed by atoms with Gasteiger partial charge in [-0.25, -0.2) is 0 Å². The lowest BCUT2D eigenvalue weighted by molar-refractivity contribution is -0.137. The Kier molecular flexibility index (Phi) is 17.6. The Labute approximate surface area is 138 Å². The van der Waals surface area contributed by atoms with Gasteiger partial charge in [-0.15, -0.1) is 0 Å². The van der Waals surface area contributed by atoms with Crippen molar-refractivity contribution in [2.75, 3.05) is 0 Å². The molecule has 0 radical (unpaired) electrons. The van der Waals surface area contributed by atoms with Crippen LogP contribution in [0.4, 0.5) is 0 Å². The molecule has 0 aromatic rings. The zero-order valence-corrected chi connectivity index (χ0v) is 14.8. The maximum Gasteiger partial charge on any atom is 0.303 e. The van der Waals surface area contributed by atoms with Gasteiger partial charge in [0.1, 0.15) is 0 Å². The van der Waals surface area contributed by atoms with Crippen molar-refractivity contribution in [2.45, 2.75) is 110 Å². The number of unbranched alkanes of at least 4 members (excludes halogenated alkanes) is 13. The van der Waals surface area contributed by atoms with Gasteiger partial charge in [0.2, 0.25) is 0 Å². The first kappa shape index (κ1) is 21.2. The zero-order chi connectivity index (χ0) is 16.3. The molecule has 130 valence electrons. The topological polar surface area (TPSA) is 37.3 Å². The van der Waals surface area contributed by atoms with E-state index in [1.54, 1.807) is 0 Å². The number of allylic oxidation sites excluding steroid dienone is 2. The monoisotopic (exact) mass is 310 g/mol. The summed E-state index contributed by atoms with van der Waals surface area (Å²) in [5.74, 6) is -0.670. The van der Waals surface area contributed by atoms with Crippen LogP contribution in [0, 0.1) is 0 Å². The smallest absolute Gasteiger partial charge is 0.303 e. The standard InChI is InChI=1S/C20H38O2/c1-2-3-4-5-6-7-8-9-10-11-12-13-14-15-16-17-18-19-20(21)22/h13-14H,2-12,15-19H2,1H3,(H,21,22)/b14-13+. The van der Waals surface area contributed by atoms with Crippen LogP contribution in [-0.2, 0) is 4.79 Å². The van der Waals surface area contributed by atoms with Crippen molar-refractivity contribution in [2.24, 2.45) is 0 Å². The van der Waals surface area contributed by atoms with Gasteiger partial charge < -0.3 is 5.11 Å². The Bertz CT molecular complexity index is 258. The molecule has 0 fully saturated rings. The van der Waals surface area contributed by atoms with Crippen LogP contribution < -0.4 is 0 Å². The molecule has 0 aliphatic rings. The van der Waals surface area contributed by atoms with E-state index in [0.717, 1.165) is 25.7 Å². The Morgan fingerprint density at radius 1 is 0.682 bits per heavy atom. The Morgan fingerprint density at radius 3 is 1.55 bits per heavy atom. The fraction of sp³-hybridized carbons (Fsp3) is 0.850. The summed E-state index contributed by atoms with van der Waals surface area (Å²) in [4.78, 5) is 10.3. The van der Waals surface area contributed by atoms with Crippen LogP contribution in [0.2, 0.25) is 0 Å². The second-order valence-corrected chi connectivity index (χ2v) is 6.44. The van der Waals surface area contributed by atoms with E-state index in [-0.39, 0.29) is 0 Å². The van der Waals surface area contributed by atoms with Gasteiger partial charge in [0.25, 0.3) is 0 Å². The minimum absolute atomic E-state index is 0.322. The van der Waals surface area contributed by atoms with Gasteiger partial charge in [-0.1, -0.05) is 83.3 Å². The number of hydrogen-bond donors (Lipinski definition) is 1. The Morgan fingerprint density at radius 2 is 1.09 bits per heavy atom. The summed E-state index contributed by atoms with van der Waals surface area (Å²) in [7, 11) is 0. The summed E-state index contributed by atoms with van der Waals surface area (Å²) in [5.41, 5.74) is 0. The number of rotatable bonds is 17. The van der Waals surface area contributed by atoms with Gasteiger partial charge in [-0.05, 0) is 32.1 Å². The third-order valence-corrected chi connectivity index (χ3v) is 4.15. The molecule has 0 aliphatic carbocycles. The highest BCUT2D eigenvalue weighted by molar-refractivity contribution is 5.66. The maximum absolute atomic E-state index is 10.3. The first-order valence-electron chi connectivity index (χ1n) is 9.64. The van der Waals surface area contributed by atoms with Crippen molar-refractivity contribution in [3.63, 3.8) is 0 Å². The number of aliphatic carboxylic acids is 1. The lowest BCUT2D eigenvalue weighted by atomic mass is 10.1. The van der Waals surface area contributed by atoms with Crippen LogP contribution in [0.25, 0.3) is 0 Å². The van der Waals surface area contributed by atoms with Gasteiger partial charge >= 0.3 is 5.97 Å². The molecule has 0 amide bonds. The third kappa shape index (κ3) is 19.2. The highest BCUT2D eigenvalue weighted by atomic mass is 16.4. The molecule has 0 unspecified atom stereocenters. The van der Waals surface area contributed by atoms with Gasteiger partial charge in [-0.3, -0.25) is 4.79 Å². The number of carbonyl (C=O) groups is 1. The van der Waals surface area contributed by atoms with E-state index in [4.69, 9.17) is 5.11 Å².